The van der Waals surface area contributed by atoms with Gasteiger partial charge in [0.05, 0.1) is 12.7 Å². The van der Waals surface area contributed by atoms with Crippen LogP contribution in [0.15, 0.2) is 16.7 Å². The summed E-state index contributed by atoms with van der Waals surface area (Å²) in [6.45, 7) is 0. The Bertz CT molecular complexity index is 437. The first-order chi connectivity index (χ1) is 7.77. The Morgan fingerprint density at radius 1 is 1.53 bits per heavy atom. The van der Waals surface area contributed by atoms with Crippen molar-refractivity contribution in [1.29, 1.82) is 0 Å². The molecule has 0 radical (unpaired) electrons. The smallest absolute Gasteiger partial charge is 0.274 e. The summed E-state index contributed by atoms with van der Waals surface area (Å²) in [6.07, 6.45) is -3.67. The van der Waals surface area contributed by atoms with Gasteiger partial charge in [0.25, 0.3) is 5.91 Å². The van der Waals surface area contributed by atoms with E-state index in [4.69, 9.17) is 0 Å². The third-order valence-electron chi connectivity index (χ3n) is 1.94. The molecule has 94 valence electrons. The molecule has 1 amide bonds. The SMILES string of the molecule is CON(C)C(=O)c1cc(C(F)(F)F)ncc1Br. The molecule has 0 aliphatic heterocycles. The molecule has 1 aromatic heterocycles. The van der Waals surface area contributed by atoms with Gasteiger partial charge >= 0.3 is 6.18 Å². The normalized spacial score (nSPS) is 11.4. The lowest BCUT2D eigenvalue weighted by Gasteiger charge is -2.15. The molecule has 0 aromatic carbocycles. The zero-order valence-corrected chi connectivity index (χ0v) is 10.5. The van der Waals surface area contributed by atoms with Crippen molar-refractivity contribution in [3.05, 3.63) is 28.0 Å². The van der Waals surface area contributed by atoms with Crippen molar-refractivity contribution in [1.82, 2.24) is 10.0 Å². The summed E-state index contributed by atoms with van der Waals surface area (Å²) < 4.78 is 37.4. The molecule has 0 fully saturated rings. The molecule has 1 rings (SSSR count). The second-order valence-electron chi connectivity index (χ2n) is 3.03. The second-order valence-corrected chi connectivity index (χ2v) is 3.89. The Morgan fingerprint density at radius 2 is 2.12 bits per heavy atom. The van der Waals surface area contributed by atoms with E-state index in [-0.39, 0.29) is 10.0 Å². The molecule has 0 spiro atoms. The lowest BCUT2D eigenvalue weighted by Crippen LogP contribution is -2.26. The highest BCUT2D eigenvalue weighted by Gasteiger charge is 2.33. The second kappa shape index (κ2) is 5.01. The van der Waals surface area contributed by atoms with Crippen LogP contribution in [0.1, 0.15) is 16.1 Å². The van der Waals surface area contributed by atoms with Crippen LogP contribution in [0.3, 0.4) is 0 Å². The highest BCUT2D eigenvalue weighted by molar-refractivity contribution is 9.10. The van der Waals surface area contributed by atoms with Crippen molar-refractivity contribution < 1.29 is 22.8 Å². The van der Waals surface area contributed by atoms with E-state index < -0.39 is 17.8 Å². The van der Waals surface area contributed by atoms with Crippen molar-refractivity contribution in [2.45, 2.75) is 6.18 Å². The Morgan fingerprint density at radius 3 is 2.59 bits per heavy atom. The van der Waals surface area contributed by atoms with Gasteiger partial charge in [0, 0.05) is 17.7 Å². The average molecular weight is 313 g/mol. The minimum Gasteiger partial charge on any atom is -0.274 e. The van der Waals surface area contributed by atoms with E-state index in [0.717, 1.165) is 11.3 Å². The minimum atomic E-state index is -4.60. The number of nitrogens with zero attached hydrogens (tertiary/aromatic N) is 2. The molecule has 0 aliphatic carbocycles. The lowest BCUT2D eigenvalue weighted by molar-refractivity contribution is -0.141. The van der Waals surface area contributed by atoms with Crippen molar-refractivity contribution >= 4 is 21.8 Å². The zero-order chi connectivity index (χ0) is 13.2. The standard InChI is InChI=1S/C9H8BrF3N2O2/c1-15(17-2)8(16)5-3-7(9(11,12)13)14-4-6(5)10/h3-4H,1-2H3. The van der Waals surface area contributed by atoms with E-state index in [0.29, 0.717) is 6.07 Å². The molecular weight excluding hydrogens is 305 g/mol. The molecule has 17 heavy (non-hydrogen) atoms. The van der Waals surface area contributed by atoms with Gasteiger partial charge < -0.3 is 0 Å². The molecule has 0 aliphatic rings. The number of halogens is 4. The summed E-state index contributed by atoms with van der Waals surface area (Å²) in [4.78, 5) is 19.5. The van der Waals surface area contributed by atoms with E-state index in [1.807, 2.05) is 0 Å². The first-order valence-corrected chi connectivity index (χ1v) is 5.11. The molecule has 0 unspecified atom stereocenters. The number of amides is 1. The summed E-state index contributed by atoms with van der Waals surface area (Å²) in [5.74, 6) is -0.702. The maximum Gasteiger partial charge on any atom is 0.433 e. The highest BCUT2D eigenvalue weighted by Crippen LogP contribution is 2.30. The quantitative estimate of drug-likeness (QED) is 0.788. The Balaban J connectivity index is 3.20. The molecule has 0 N–H and O–H groups in total. The van der Waals surface area contributed by atoms with Crippen LogP contribution in [0.4, 0.5) is 13.2 Å². The Kier molecular flexibility index (Phi) is 4.10. The van der Waals surface area contributed by atoms with Crippen LogP contribution < -0.4 is 0 Å². The number of carbonyl (C=O) groups is 1. The largest absolute Gasteiger partial charge is 0.433 e. The monoisotopic (exact) mass is 312 g/mol. The summed E-state index contributed by atoms with van der Waals surface area (Å²) in [6, 6.07) is 0.669. The fraction of sp³-hybridized carbons (Fsp3) is 0.333. The first kappa shape index (κ1) is 13.9. The summed E-state index contributed by atoms with van der Waals surface area (Å²) in [5, 5.41) is 0.820. The van der Waals surface area contributed by atoms with Crippen molar-refractivity contribution in [3.8, 4) is 0 Å². The fourth-order valence-corrected chi connectivity index (χ4v) is 1.40. The van der Waals surface area contributed by atoms with Crippen LogP contribution in [0.25, 0.3) is 0 Å². The molecule has 4 nitrogen and oxygen atoms in total. The summed E-state index contributed by atoms with van der Waals surface area (Å²) >= 11 is 2.96. The van der Waals surface area contributed by atoms with E-state index in [1.54, 1.807) is 0 Å². The molecule has 0 bridgehead atoms. The maximum absolute atomic E-state index is 12.4. The first-order valence-electron chi connectivity index (χ1n) is 4.32. The van der Waals surface area contributed by atoms with Gasteiger partial charge in [-0.15, -0.1) is 0 Å². The number of aromatic nitrogens is 1. The van der Waals surface area contributed by atoms with Crippen LogP contribution >= 0.6 is 15.9 Å². The minimum absolute atomic E-state index is 0.166. The number of carbonyl (C=O) groups excluding carboxylic acids is 1. The molecule has 8 heteroatoms. The number of hydrogen-bond donors (Lipinski definition) is 0. The van der Waals surface area contributed by atoms with Crippen LogP contribution in [0.2, 0.25) is 0 Å². The predicted octanol–water partition coefficient (Wildman–Crippen LogP) is 2.50. The van der Waals surface area contributed by atoms with Crippen molar-refractivity contribution in [2.75, 3.05) is 14.2 Å². The molecule has 0 atom stereocenters. The number of alkyl halides is 3. The van der Waals surface area contributed by atoms with Gasteiger partial charge in [0.2, 0.25) is 0 Å². The van der Waals surface area contributed by atoms with Gasteiger partial charge in [-0.2, -0.15) is 13.2 Å². The van der Waals surface area contributed by atoms with Crippen LogP contribution in [0.5, 0.6) is 0 Å². The van der Waals surface area contributed by atoms with Gasteiger partial charge in [-0.25, -0.2) is 5.06 Å². The highest BCUT2D eigenvalue weighted by atomic mass is 79.9. The Labute approximate surface area is 103 Å². The number of rotatable bonds is 2. The third kappa shape index (κ3) is 3.16. The summed E-state index contributed by atoms with van der Waals surface area (Å²) in [7, 11) is 2.53. The molecule has 1 heterocycles. The molecule has 0 saturated heterocycles. The van der Waals surface area contributed by atoms with Gasteiger partial charge in [-0.05, 0) is 22.0 Å². The molecular formula is C9H8BrF3N2O2. The lowest BCUT2D eigenvalue weighted by atomic mass is 10.2. The molecule has 0 saturated carbocycles. The van der Waals surface area contributed by atoms with Crippen molar-refractivity contribution in [2.24, 2.45) is 0 Å². The van der Waals surface area contributed by atoms with Gasteiger partial charge in [0.1, 0.15) is 5.69 Å². The topological polar surface area (TPSA) is 42.4 Å². The van der Waals surface area contributed by atoms with Crippen molar-refractivity contribution in [3.63, 3.8) is 0 Å². The van der Waals surface area contributed by atoms with Crippen LogP contribution in [0, 0.1) is 0 Å². The maximum atomic E-state index is 12.4. The van der Waals surface area contributed by atoms with Gasteiger partial charge in [-0.3, -0.25) is 14.6 Å². The third-order valence-corrected chi connectivity index (χ3v) is 2.57. The predicted molar refractivity (Wildman–Crippen MR) is 56.0 cm³/mol. The van der Waals surface area contributed by atoms with Crippen LogP contribution in [-0.4, -0.2) is 30.1 Å². The van der Waals surface area contributed by atoms with Gasteiger partial charge in [-0.1, -0.05) is 0 Å². The van der Waals surface area contributed by atoms with E-state index in [9.17, 15) is 18.0 Å². The zero-order valence-electron chi connectivity index (χ0n) is 8.88. The van der Waals surface area contributed by atoms with E-state index in [2.05, 4.69) is 25.8 Å². The van der Waals surface area contributed by atoms with E-state index >= 15 is 0 Å². The van der Waals surface area contributed by atoms with Gasteiger partial charge in [0.15, 0.2) is 0 Å². The number of hydrogen-bond acceptors (Lipinski definition) is 3. The average Bonchev–Trinajstić information content (AvgIpc) is 2.26. The number of pyridine rings is 1. The van der Waals surface area contributed by atoms with Crippen LogP contribution in [-0.2, 0) is 11.0 Å². The van der Waals surface area contributed by atoms with E-state index in [1.165, 1.54) is 14.2 Å². The summed E-state index contributed by atoms with van der Waals surface area (Å²) in [5.41, 5.74) is -1.30. The Hall–Kier alpha value is -1.15. The molecule has 1 aromatic rings. The fourth-order valence-electron chi connectivity index (χ4n) is 1.01. The number of hydroxylamine groups is 2.